The Kier molecular flexibility index (Phi) is 9.19. The largest absolute Gasteiger partial charge is 0.466 e. The zero-order valence-electron chi connectivity index (χ0n) is 12.0. The topological polar surface area (TPSA) is 116 Å². The average molecular weight is 374 g/mol. The normalized spacial score (nSPS) is 13.6. The van der Waals surface area contributed by atoms with Crippen LogP contribution in [0.25, 0.3) is 0 Å². The quantitative estimate of drug-likeness (QED) is 0.344. The predicted molar refractivity (Wildman–Crippen MR) is 84.8 cm³/mol. The first-order valence-electron chi connectivity index (χ1n) is 6.14. The molecule has 0 amide bonds. The van der Waals surface area contributed by atoms with Crippen LogP contribution < -0.4 is 5.32 Å². The molecule has 22 heavy (non-hydrogen) atoms. The van der Waals surface area contributed by atoms with Crippen molar-refractivity contribution in [2.45, 2.75) is 26.0 Å². The maximum Gasteiger partial charge on any atom is 0.466 e. The molecule has 7 nitrogen and oxygen atoms in total. The Hall–Kier alpha value is -0.660. The van der Waals surface area contributed by atoms with E-state index in [0.717, 1.165) is 12.1 Å². The summed E-state index contributed by atoms with van der Waals surface area (Å²) in [6, 6.07) is 6.97. The van der Waals surface area contributed by atoms with Gasteiger partial charge in [-0.05, 0) is 49.2 Å². The van der Waals surface area contributed by atoms with Gasteiger partial charge in [0, 0.05) is 17.3 Å². The third-order valence-corrected chi connectivity index (χ3v) is 2.81. The van der Waals surface area contributed by atoms with Gasteiger partial charge in [-0.1, -0.05) is 18.5 Å². The lowest BCUT2D eigenvalue weighted by Gasteiger charge is -2.28. The van der Waals surface area contributed by atoms with E-state index in [2.05, 4.69) is 5.32 Å². The van der Waals surface area contributed by atoms with E-state index in [1.54, 1.807) is 31.2 Å². The van der Waals surface area contributed by atoms with Gasteiger partial charge in [-0.3, -0.25) is 4.79 Å². The van der Waals surface area contributed by atoms with Crippen LogP contribution in [0.1, 0.15) is 20.3 Å². The van der Waals surface area contributed by atoms with Crippen molar-refractivity contribution >= 4 is 42.0 Å². The monoisotopic (exact) mass is 373 g/mol. The summed E-state index contributed by atoms with van der Waals surface area (Å²) in [4.78, 5) is 33.0. The molecule has 0 fully saturated rings. The fourth-order valence-corrected chi connectivity index (χ4v) is 1.48. The number of benzene rings is 1. The molecular formula is C12H18Cl2NO6P. The fraction of sp³-hybridized carbons (Fsp3) is 0.417. The Bertz CT molecular complexity index is 513. The second kappa shape index (κ2) is 9.47. The Morgan fingerprint density at radius 3 is 2.14 bits per heavy atom. The Labute approximate surface area is 138 Å². The summed E-state index contributed by atoms with van der Waals surface area (Å²) in [5.74, 6) is 0. The molecule has 0 aliphatic rings. The molecule has 0 saturated heterocycles. The first kappa shape index (κ1) is 21.3. The Balaban J connectivity index is 0.000000763. The molecule has 0 spiro atoms. The molecule has 0 unspecified atom stereocenters. The maximum absolute atomic E-state index is 11.4. The fourth-order valence-electron chi connectivity index (χ4n) is 1.26. The van der Waals surface area contributed by atoms with E-state index in [1.807, 2.05) is 6.92 Å². The van der Waals surface area contributed by atoms with Gasteiger partial charge in [-0.25, -0.2) is 4.57 Å². The lowest BCUT2D eigenvalue weighted by Crippen LogP contribution is -2.44. The molecule has 0 heterocycles. The summed E-state index contributed by atoms with van der Waals surface area (Å²) < 4.78 is 14.3. The van der Waals surface area contributed by atoms with Crippen LogP contribution in [-0.2, 0) is 14.1 Å². The first-order chi connectivity index (χ1) is 9.98. The van der Waals surface area contributed by atoms with Gasteiger partial charge in [0.15, 0.2) is 0 Å². The third kappa shape index (κ3) is 10.1. The molecule has 4 N–H and O–H groups in total. The summed E-state index contributed by atoms with van der Waals surface area (Å²) in [5, 5.41) is 3.00. The maximum atomic E-state index is 11.4. The average Bonchev–Trinajstić information content (AvgIpc) is 2.37. The number of hydrogen-bond acceptors (Lipinski definition) is 4. The molecule has 1 rings (SSSR count). The number of ether oxygens (including phenoxy) is 1. The minimum atomic E-state index is -4.64. The van der Waals surface area contributed by atoms with Crippen LogP contribution in [0.4, 0.5) is 5.69 Å². The van der Waals surface area contributed by atoms with Crippen molar-refractivity contribution in [3.05, 3.63) is 29.3 Å². The second-order valence-corrected chi connectivity index (χ2v) is 6.11. The molecule has 0 aromatic heterocycles. The standard InChI is InChI=1S/C12H15Cl2NO2.H3O4P/c1-3-8-17-12(2,11(14)16)15-10-6-4-9(13)5-7-10;1-5(2,3)4/h4-7,15H,3,8H2,1-2H3;(H3,1,2,3,4)/t12-;/m1./s1. The van der Waals surface area contributed by atoms with Crippen LogP contribution in [0.5, 0.6) is 0 Å². The highest BCUT2D eigenvalue weighted by molar-refractivity contribution is 7.45. The number of halogens is 2. The minimum absolute atomic E-state index is 0.454. The highest BCUT2D eigenvalue weighted by atomic mass is 35.5. The van der Waals surface area contributed by atoms with E-state index in [-0.39, 0.29) is 0 Å². The molecule has 0 radical (unpaired) electrons. The van der Waals surface area contributed by atoms with Gasteiger partial charge in [-0.2, -0.15) is 0 Å². The van der Waals surface area contributed by atoms with Gasteiger partial charge < -0.3 is 24.7 Å². The van der Waals surface area contributed by atoms with Crippen molar-refractivity contribution in [3.63, 3.8) is 0 Å². The number of nitrogens with one attached hydrogen (secondary N) is 1. The number of anilines is 1. The van der Waals surface area contributed by atoms with Crippen LogP contribution >= 0.6 is 31.0 Å². The molecular weight excluding hydrogens is 356 g/mol. The summed E-state index contributed by atoms with van der Waals surface area (Å²) in [7, 11) is -4.64. The Morgan fingerprint density at radius 2 is 1.77 bits per heavy atom. The summed E-state index contributed by atoms with van der Waals surface area (Å²) >= 11 is 11.3. The Morgan fingerprint density at radius 1 is 1.32 bits per heavy atom. The zero-order chi connectivity index (χ0) is 17.4. The van der Waals surface area contributed by atoms with Crippen LogP contribution in [0.2, 0.25) is 5.02 Å². The molecule has 0 bridgehead atoms. The molecule has 1 aromatic rings. The molecule has 0 aliphatic heterocycles. The second-order valence-electron chi connectivity index (χ2n) is 4.30. The number of phosphoric acid groups is 1. The molecule has 0 saturated carbocycles. The van der Waals surface area contributed by atoms with Gasteiger partial charge >= 0.3 is 7.82 Å². The van der Waals surface area contributed by atoms with Crippen molar-refractivity contribution in [2.75, 3.05) is 11.9 Å². The SMILES string of the molecule is CCCO[C@@](C)(Nc1ccc(Cl)cc1)C(=O)Cl.O=P(O)(O)O. The van der Waals surface area contributed by atoms with Gasteiger partial charge in [0.05, 0.1) is 0 Å². The molecule has 0 aliphatic carbocycles. The van der Waals surface area contributed by atoms with Gasteiger partial charge in [0.1, 0.15) is 0 Å². The van der Waals surface area contributed by atoms with E-state index in [1.165, 1.54) is 0 Å². The van der Waals surface area contributed by atoms with Crippen LogP contribution in [-0.4, -0.2) is 32.3 Å². The highest BCUT2D eigenvalue weighted by Gasteiger charge is 2.32. The number of rotatable bonds is 6. The molecule has 1 atom stereocenters. The molecule has 1 aromatic carbocycles. The van der Waals surface area contributed by atoms with Crippen molar-refractivity contribution < 1.29 is 28.8 Å². The summed E-state index contributed by atoms with van der Waals surface area (Å²) in [5.41, 5.74) is -0.493. The van der Waals surface area contributed by atoms with Crippen molar-refractivity contribution in [1.29, 1.82) is 0 Å². The number of carbonyl (C=O) groups excluding carboxylic acids is 1. The first-order valence-corrected chi connectivity index (χ1v) is 8.46. The lowest BCUT2D eigenvalue weighted by molar-refractivity contribution is -0.130. The van der Waals surface area contributed by atoms with Crippen molar-refractivity contribution in [2.24, 2.45) is 0 Å². The van der Waals surface area contributed by atoms with Crippen LogP contribution in [0.15, 0.2) is 24.3 Å². The zero-order valence-corrected chi connectivity index (χ0v) is 14.4. The van der Waals surface area contributed by atoms with E-state index in [4.69, 9.17) is 47.2 Å². The molecule has 126 valence electrons. The highest BCUT2D eigenvalue weighted by Crippen LogP contribution is 2.25. The van der Waals surface area contributed by atoms with Gasteiger partial charge in [0.2, 0.25) is 5.72 Å². The van der Waals surface area contributed by atoms with E-state index in [9.17, 15) is 4.79 Å². The van der Waals surface area contributed by atoms with Crippen molar-refractivity contribution in [1.82, 2.24) is 0 Å². The van der Waals surface area contributed by atoms with E-state index < -0.39 is 18.8 Å². The third-order valence-electron chi connectivity index (χ3n) is 2.20. The number of carbonyl (C=O) groups is 1. The summed E-state index contributed by atoms with van der Waals surface area (Å²) in [6.07, 6.45) is 0.808. The summed E-state index contributed by atoms with van der Waals surface area (Å²) in [6.45, 7) is 4.02. The smallest absolute Gasteiger partial charge is 0.351 e. The van der Waals surface area contributed by atoms with Gasteiger partial charge in [-0.15, -0.1) is 0 Å². The van der Waals surface area contributed by atoms with Crippen LogP contribution in [0.3, 0.4) is 0 Å². The van der Waals surface area contributed by atoms with Crippen LogP contribution in [0, 0.1) is 0 Å². The van der Waals surface area contributed by atoms with E-state index in [0.29, 0.717) is 11.6 Å². The number of hydrogen-bond donors (Lipinski definition) is 4. The van der Waals surface area contributed by atoms with Crippen molar-refractivity contribution in [3.8, 4) is 0 Å². The van der Waals surface area contributed by atoms with E-state index >= 15 is 0 Å². The molecule has 10 heteroatoms. The van der Waals surface area contributed by atoms with Gasteiger partial charge in [0.25, 0.3) is 5.24 Å². The predicted octanol–water partition coefficient (Wildman–Crippen LogP) is 2.73. The lowest BCUT2D eigenvalue weighted by atomic mass is 10.2. The minimum Gasteiger partial charge on any atom is -0.351 e.